The number of aliphatic hydroxyl groups is 1. The van der Waals surface area contributed by atoms with E-state index in [2.05, 4.69) is 10.5 Å². The van der Waals surface area contributed by atoms with E-state index in [1.165, 1.54) is 12.1 Å². The van der Waals surface area contributed by atoms with Gasteiger partial charge in [-0.15, -0.1) is 0 Å². The van der Waals surface area contributed by atoms with Crippen molar-refractivity contribution in [3.05, 3.63) is 38.4 Å². The number of nitrogens with one attached hydrogen (secondary N) is 1. The fourth-order valence-corrected chi connectivity index (χ4v) is 4.91. The molecule has 9 heteroatoms. The first kappa shape index (κ1) is 15.9. The first-order valence-corrected chi connectivity index (χ1v) is 8.33. The molecule has 0 unspecified atom stereocenters. The number of non-ortho nitro benzene ring substituents is 1. The average molecular weight is 346 g/mol. The Morgan fingerprint density at radius 1 is 1.12 bits per heavy atom. The lowest BCUT2D eigenvalue weighted by atomic mass is 9.53. The Balaban J connectivity index is 1.60. The van der Waals surface area contributed by atoms with Crippen LogP contribution in [0.3, 0.4) is 0 Å². The van der Waals surface area contributed by atoms with Gasteiger partial charge in [-0.1, -0.05) is 0 Å². The van der Waals surface area contributed by atoms with Gasteiger partial charge in [0.2, 0.25) is 0 Å². The molecule has 25 heavy (non-hydrogen) atoms. The van der Waals surface area contributed by atoms with Crippen LogP contribution in [-0.2, 0) is 0 Å². The predicted octanol–water partition coefficient (Wildman–Crippen LogP) is 2.84. The second-order valence-corrected chi connectivity index (χ2v) is 7.43. The molecule has 1 aromatic rings. The van der Waals surface area contributed by atoms with Crippen molar-refractivity contribution in [3.63, 3.8) is 0 Å². The van der Waals surface area contributed by atoms with Crippen LogP contribution in [0.1, 0.15) is 32.1 Å². The Morgan fingerprint density at radius 2 is 1.80 bits per heavy atom. The number of rotatable bonds is 4. The molecule has 2 N–H and O–H groups in total. The van der Waals surface area contributed by atoms with Crippen molar-refractivity contribution >= 4 is 22.8 Å². The molecule has 4 aliphatic rings. The topological polar surface area (TPSA) is 131 Å². The summed E-state index contributed by atoms with van der Waals surface area (Å²) in [7, 11) is 0. The third-order valence-corrected chi connectivity index (χ3v) is 5.69. The maximum absolute atomic E-state index is 11.2. The lowest BCUT2D eigenvalue weighted by Gasteiger charge is -2.54. The van der Waals surface area contributed by atoms with Crippen molar-refractivity contribution in [2.24, 2.45) is 22.9 Å². The van der Waals surface area contributed by atoms with Gasteiger partial charge in [0, 0.05) is 23.6 Å². The van der Waals surface area contributed by atoms with Gasteiger partial charge in [0.05, 0.1) is 21.5 Å². The number of hydrogen-bond acceptors (Lipinski definition) is 7. The summed E-state index contributed by atoms with van der Waals surface area (Å²) in [6, 6.07) is 3.46. The standard InChI is InChI=1S/C16H18N4O5/c21-16-6-9-3-10(7-16)15(11(4-9)8-16)18-17-13-2-1-12(19(22)23)5-14(13)20(24)25/h1-2,5,9-11,17,21H,3-4,6-8H2/t9?,10-,11-,16?/m1/s1. The molecule has 0 aliphatic heterocycles. The van der Waals surface area contributed by atoms with E-state index < -0.39 is 15.4 Å². The maximum atomic E-state index is 11.2. The number of hydrogen-bond donors (Lipinski definition) is 2. The fourth-order valence-electron chi connectivity index (χ4n) is 4.91. The Kier molecular flexibility index (Phi) is 3.50. The monoisotopic (exact) mass is 346 g/mol. The van der Waals surface area contributed by atoms with Crippen molar-refractivity contribution in [2.75, 3.05) is 5.43 Å². The molecule has 1 aromatic carbocycles. The third-order valence-electron chi connectivity index (χ3n) is 5.69. The second kappa shape index (κ2) is 5.48. The van der Waals surface area contributed by atoms with Crippen LogP contribution in [0.15, 0.2) is 23.3 Å². The SMILES string of the molecule is O=[N+]([O-])c1ccc(NN=C2[C@@H]3CC4C[C@@H]2CC(O)(C4)C3)c([N+](=O)[O-])c1. The van der Waals surface area contributed by atoms with Gasteiger partial charge in [-0.25, -0.2) is 0 Å². The molecular formula is C16H18N4O5. The fraction of sp³-hybridized carbons (Fsp3) is 0.562. The molecule has 4 bridgehead atoms. The number of anilines is 1. The van der Waals surface area contributed by atoms with E-state index in [9.17, 15) is 25.3 Å². The predicted molar refractivity (Wildman–Crippen MR) is 89.3 cm³/mol. The second-order valence-electron chi connectivity index (χ2n) is 7.43. The van der Waals surface area contributed by atoms with Crippen LogP contribution in [0.4, 0.5) is 17.1 Å². The van der Waals surface area contributed by atoms with Gasteiger partial charge in [-0.3, -0.25) is 25.7 Å². The number of nitro groups is 2. The van der Waals surface area contributed by atoms with Gasteiger partial charge in [0.1, 0.15) is 5.69 Å². The molecule has 4 saturated carbocycles. The van der Waals surface area contributed by atoms with Crippen molar-refractivity contribution in [3.8, 4) is 0 Å². The van der Waals surface area contributed by atoms with Gasteiger partial charge in [-0.2, -0.15) is 5.10 Å². The molecule has 132 valence electrons. The smallest absolute Gasteiger partial charge is 0.301 e. The highest BCUT2D eigenvalue weighted by Crippen LogP contribution is 2.54. The summed E-state index contributed by atoms with van der Waals surface area (Å²) in [4.78, 5) is 20.7. The van der Waals surface area contributed by atoms with E-state index >= 15 is 0 Å². The van der Waals surface area contributed by atoms with Crippen molar-refractivity contribution in [1.29, 1.82) is 0 Å². The Labute approximate surface area is 143 Å². The normalized spacial score (nSPS) is 32.5. The summed E-state index contributed by atoms with van der Waals surface area (Å²) in [5.41, 5.74) is 2.56. The molecule has 9 nitrogen and oxygen atoms in total. The summed E-state index contributed by atoms with van der Waals surface area (Å²) in [6.45, 7) is 0. The Morgan fingerprint density at radius 3 is 2.36 bits per heavy atom. The third kappa shape index (κ3) is 2.74. The molecule has 0 heterocycles. The zero-order chi connectivity index (χ0) is 17.8. The Hall–Kier alpha value is -2.55. The molecule has 0 aromatic heterocycles. The maximum Gasteiger partial charge on any atom is 0.301 e. The van der Waals surface area contributed by atoms with Crippen molar-refractivity contribution in [1.82, 2.24) is 0 Å². The average Bonchev–Trinajstić information content (AvgIpc) is 2.52. The Bertz CT molecular complexity index is 775. The van der Waals surface area contributed by atoms with E-state index in [1.54, 1.807) is 0 Å². The minimum Gasteiger partial charge on any atom is -0.390 e. The van der Waals surface area contributed by atoms with Crippen LogP contribution in [0.2, 0.25) is 0 Å². The van der Waals surface area contributed by atoms with E-state index in [0.717, 1.165) is 31.0 Å². The van der Waals surface area contributed by atoms with Gasteiger partial charge in [0.25, 0.3) is 5.69 Å². The van der Waals surface area contributed by atoms with Crippen molar-refractivity contribution < 1.29 is 15.0 Å². The number of benzene rings is 1. The summed E-state index contributed by atoms with van der Waals surface area (Å²) < 4.78 is 0. The number of hydrazone groups is 1. The first-order chi connectivity index (χ1) is 11.8. The minimum atomic E-state index is -0.666. The highest BCUT2D eigenvalue weighted by atomic mass is 16.6. The van der Waals surface area contributed by atoms with E-state index in [-0.39, 0.29) is 28.9 Å². The number of nitrogens with zero attached hydrogens (tertiary/aromatic N) is 3. The first-order valence-electron chi connectivity index (χ1n) is 8.33. The van der Waals surface area contributed by atoms with Gasteiger partial charge < -0.3 is 5.11 Å². The van der Waals surface area contributed by atoms with Crippen molar-refractivity contribution in [2.45, 2.75) is 37.7 Å². The summed E-state index contributed by atoms with van der Waals surface area (Å²) in [5.74, 6) is 0.955. The van der Waals surface area contributed by atoms with Crippen LogP contribution in [0, 0.1) is 38.0 Å². The van der Waals surface area contributed by atoms with E-state index in [4.69, 9.17) is 0 Å². The minimum absolute atomic E-state index is 0.135. The summed E-state index contributed by atoms with van der Waals surface area (Å²) >= 11 is 0. The molecule has 0 saturated heterocycles. The summed E-state index contributed by atoms with van der Waals surface area (Å²) in [5, 5.41) is 37.0. The zero-order valence-corrected chi connectivity index (χ0v) is 13.4. The molecule has 5 rings (SSSR count). The number of nitro benzene ring substituents is 2. The largest absolute Gasteiger partial charge is 0.390 e. The van der Waals surface area contributed by atoms with Gasteiger partial charge >= 0.3 is 5.69 Å². The molecule has 0 amide bonds. The quantitative estimate of drug-likeness (QED) is 0.636. The molecular weight excluding hydrogens is 328 g/mol. The summed E-state index contributed by atoms with van der Waals surface area (Å²) in [6.07, 6.45) is 4.27. The van der Waals surface area contributed by atoms with Crippen LogP contribution in [-0.4, -0.2) is 26.3 Å². The zero-order valence-electron chi connectivity index (χ0n) is 13.4. The molecule has 4 aliphatic carbocycles. The van der Waals surface area contributed by atoms with Crippen LogP contribution < -0.4 is 5.43 Å². The van der Waals surface area contributed by atoms with E-state index in [1.807, 2.05) is 0 Å². The highest BCUT2D eigenvalue weighted by molar-refractivity contribution is 5.92. The molecule has 0 spiro atoms. The highest BCUT2D eigenvalue weighted by Gasteiger charge is 2.53. The van der Waals surface area contributed by atoms with Gasteiger partial charge in [0.15, 0.2) is 0 Å². The van der Waals surface area contributed by atoms with Crippen LogP contribution in [0.25, 0.3) is 0 Å². The lowest BCUT2D eigenvalue weighted by molar-refractivity contribution is -0.393. The van der Waals surface area contributed by atoms with Gasteiger partial charge in [-0.05, 0) is 44.1 Å². The van der Waals surface area contributed by atoms with Crippen LogP contribution >= 0.6 is 0 Å². The molecule has 4 fully saturated rings. The molecule has 2 atom stereocenters. The van der Waals surface area contributed by atoms with E-state index in [0.29, 0.717) is 18.8 Å². The van der Waals surface area contributed by atoms with Crippen LogP contribution in [0.5, 0.6) is 0 Å². The lowest BCUT2D eigenvalue weighted by Crippen LogP contribution is -2.55. The molecule has 0 radical (unpaired) electrons.